The summed E-state index contributed by atoms with van der Waals surface area (Å²) in [5.41, 5.74) is 6.15. The zero-order chi connectivity index (χ0) is 11.4. The lowest BCUT2D eigenvalue weighted by Gasteiger charge is -2.37. The molecule has 90 valence electrons. The highest BCUT2D eigenvalue weighted by molar-refractivity contribution is 4.86. The topological polar surface area (TPSA) is 35.2 Å². The van der Waals surface area contributed by atoms with Gasteiger partial charge in [0.1, 0.15) is 0 Å². The predicted octanol–water partition coefficient (Wildman–Crippen LogP) is 2.81. The van der Waals surface area contributed by atoms with Crippen molar-refractivity contribution in [3.63, 3.8) is 0 Å². The van der Waals surface area contributed by atoms with Gasteiger partial charge in [-0.05, 0) is 37.0 Å². The SMILES string of the molecule is CC(C)CCOC1C(C)CC(C)CC1N. The van der Waals surface area contributed by atoms with Crippen LogP contribution in [-0.2, 0) is 4.74 Å². The van der Waals surface area contributed by atoms with Crippen LogP contribution in [0.1, 0.15) is 47.0 Å². The highest BCUT2D eigenvalue weighted by Gasteiger charge is 2.32. The van der Waals surface area contributed by atoms with Gasteiger partial charge in [-0.2, -0.15) is 0 Å². The number of hydrogen-bond donors (Lipinski definition) is 1. The standard InChI is InChI=1S/C13H27NO/c1-9(2)5-6-15-13-11(4)7-10(3)8-12(13)14/h9-13H,5-8,14H2,1-4H3. The largest absolute Gasteiger partial charge is 0.376 e. The first kappa shape index (κ1) is 13.0. The Bertz CT molecular complexity index is 169. The van der Waals surface area contributed by atoms with Crippen molar-refractivity contribution >= 4 is 0 Å². The fourth-order valence-electron chi connectivity index (χ4n) is 2.61. The van der Waals surface area contributed by atoms with E-state index in [2.05, 4.69) is 27.7 Å². The van der Waals surface area contributed by atoms with Crippen LogP contribution in [0.2, 0.25) is 0 Å². The van der Waals surface area contributed by atoms with Crippen LogP contribution in [0.15, 0.2) is 0 Å². The van der Waals surface area contributed by atoms with Crippen LogP contribution >= 0.6 is 0 Å². The number of rotatable bonds is 4. The van der Waals surface area contributed by atoms with Crippen LogP contribution < -0.4 is 5.73 Å². The molecule has 0 aromatic rings. The highest BCUT2D eigenvalue weighted by Crippen LogP contribution is 2.30. The highest BCUT2D eigenvalue weighted by atomic mass is 16.5. The van der Waals surface area contributed by atoms with E-state index in [-0.39, 0.29) is 6.04 Å². The van der Waals surface area contributed by atoms with Crippen molar-refractivity contribution in [1.82, 2.24) is 0 Å². The molecule has 1 aliphatic carbocycles. The molecule has 0 aliphatic heterocycles. The molecular formula is C13H27NO. The Kier molecular flexibility index (Phi) is 5.07. The van der Waals surface area contributed by atoms with E-state index in [1.165, 1.54) is 6.42 Å². The normalized spacial score (nSPS) is 37.2. The van der Waals surface area contributed by atoms with E-state index < -0.39 is 0 Å². The second kappa shape index (κ2) is 5.86. The third-order valence-electron chi connectivity index (χ3n) is 3.44. The Hall–Kier alpha value is -0.0800. The predicted molar refractivity (Wildman–Crippen MR) is 64.7 cm³/mol. The molecule has 2 heteroatoms. The molecule has 0 aromatic carbocycles. The van der Waals surface area contributed by atoms with Gasteiger partial charge >= 0.3 is 0 Å². The fourth-order valence-corrected chi connectivity index (χ4v) is 2.61. The number of nitrogens with two attached hydrogens (primary N) is 1. The number of ether oxygens (including phenoxy) is 1. The Morgan fingerprint density at radius 2 is 1.93 bits per heavy atom. The molecule has 4 atom stereocenters. The Morgan fingerprint density at radius 3 is 2.47 bits per heavy atom. The average molecular weight is 213 g/mol. The first-order valence-electron chi connectivity index (χ1n) is 6.38. The summed E-state index contributed by atoms with van der Waals surface area (Å²) in [5, 5.41) is 0. The van der Waals surface area contributed by atoms with Gasteiger partial charge in [-0.3, -0.25) is 0 Å². The lowest BCUT2D eigenvalue weighted by molar-refractivity contribution is -0.0317. The lowest BCUT2D eigenvalue weighted by atomic mass is 9.78. The molecule has 4 unspecified atom stereocenters. The molecule has 1 fully saturated rings. The minimum absolute atomic E-state index is 0.246. The van der Waals surface area contributed by atoms with Crippen LogP contribution in [0, 0.1) is 17.8 Å². The summed E-state index contributed by atoms with van der Waals surface area (Å²) in [7, 11) is 0. The molecule has 0 bridgehead atoms. The summed E-state index contributed by atoms with van der Waals surface area (Å²) < 4.78 is 5.94. The van der Waals surface area contributed by atoms with E-state index in [0.717, 1.165) is 31.3 Å². The molecule has 2 nitrogen and oxygen atoms in total. The van der Waals surface area contributed by atoms with Gasteiger partial charge in [0.25, 0.3) is 0 Å². The van der Waals surface area contributed by atoms with E-state index in [1.807, 2.05) is 0 Å². The van der Waals surface area contributed by atoms with Crippen molar-refractivity contribution in [2.75, 3.05) is 6.61 Å². The van der Waals surface area contributed by atoms with Gasteiger partial charge in [0.05, 0.1) is 6.10 Å². The molecular weight excluding hydrogens is 186 g/mol. The maximum Gasteiger partial charge on any atom is 0.0751 e. The monoisotopic (exact) mass is 213 g/mol. The van der Waals surface area contributed by atoms with E-state index in [4.69, 9.17) is 10.5 Å². The third kappa shape index (κ3) is 4.12. The minimum Gasteiger partial charge on any atom is -0.376 e. The zero-order valence-corrected chi connectivity index (χ0v) is 10.7. The molecule has 0 saturated heterocycles. The van der Waals surface area contributed by atoms with Crippen molar-refractivity contribution in [2.24, 2.45) is 23.5 Å². The summed E-state index contributed by atoms with van der Waals surface area (Å²) in [6.45, 7) is 9.90. The van der Waals surface area contributed by atoms with E-state index in [0.29, 0.717) is 12.0 Å². The molecule has 0 radical (unpaired) electrons. The van der Waals surface area contributed by atoms with Crippen molar-refractivity contribution in [1.29, 1.82) is 0 Å². The van der Waals surface area contributed by atoms with Crippen LogP contribution in [0.3, 0.4) is 0 Å². The van der Waals surface area contributed by atoms with Crippen LogP contribution in [0.4, 0.5) is 0 Å². The molecule has 0 aromatic heterocycles. The molecule has 0 spiro atoms. The van der Waals surface area contributed by atoms with Gasteiger partial charge in [0.2, 0.25) is 0 Å². The van der Waals surface area contributed by atoms with Crippen molar-refractivity contribution in [2.45, 2.75) is 59.1 Å². The van der Waals surface area contributed by atoms with Crippen molar-refractivity contribution < 1.29 is 4.74 Å². The van der Waals surface area contributed by atoms with E-state index in [9.17, 15) is 0 Å². The maximum atomic E-state index is 6.15. The van der Waals surface area contributed by atoms with Gasteiger partial charge in [0.15, 0.2) is 0 Å². The minimum atomic E-state index is 0.246. The number of hydrogen-bond acceptors (Lipinski definition) is 2. The van der Waals surface area contributed by atoms with Gasteiger partial charge in [0, 0.05) is 12.6 Å². The lowest BCUT2D eigenvalue weighted by Crippen LogP contribution is -2.46. The molecule has 2 N–H and O–H groups in total. The Labute approximate surface area is 94.6 Å². The third-order valence-corrected chi connectivity index (χ3v) is 3.44. The summed E-state index contributed by atoms with van der Waals surface area (Å²) in [4.78, 5) is 0. The maximum absolute atomic E-state index is 6.15. The summed E-state index contributed by atoms with van der Waals surface area (Å²) in [6.07, 6.45) is 3.82. The smallest absolute Gasteiger partial charge is 0.0751 e. The summed E-state index contributed by atoms with van der Waals surface area (Å²) in [6, 6.07) is 0.246. The quantitative estimate of drug-likeness (QED) is 0.779. The molecule has 0 heterocycles. The molecule has 1 rings (SSSR count). The van der Waals surface area contributed by atoms with Gasteiger partial charge in [-0.15, -0.1) is 0 Å². The van der Waals surface area contributed by atoms with Gasteiger partial charge in [-0.25, -0.2) is 0 Å². The first-order chi connectivity index (χ1) is 7.00. The molecule has 15 heavy (non-hydrogen) atoms. The zero-order valence-electron chi connectivity index (χ0n) is 10.7. The molecule has 1 aliphatic rings. The van der Waals surface area contributed by atoms with Crippen LogP contribution in [-0.4, -0.2) is 18.8 Å². The first-order valence-corrected chi connectivity index (χ1v) is 6.38. The summed E-state index contributed by atoms with van der Waals surface area (Å²) >= 11 is 0. The van der Waals surface area contributed by atoms with Crippen LogP contribution in [0.25, 0.3) is 0 Å². The summed E-state index contributed by atoms with van der Waals surface area (Å²) in [5.74, 6) is 2.11. The van der Waals surface area contributed by atoms with E-state index >= 15 is 0 Å². The molecule has 0 amide bonds. The molecule has 1 saturated carbocycles. The second-order valence-corrected chi connectivity index (χ2v) is 5.74. The Balaban J connectivity index is 2.32. The second-order valence-electron chi connectivity index (χ2n) is 5.74. The fraction of sp³-hybridized carbons (Fsp3) is 1.00. The Morgan fingerprint density at radius 1 is 1.27 bits per heavy atom. The van der Waals surface area contributed by atoms with Crippen LogP contribution in [0.5, 0.6) is 0 Å². The van der Waals surface area contributed by atoms with Crippen molar-refractivity contribution in [3.8, 4) is 0 Å². The average Bonchev–Trinajstić information content (AvgIpc) is 2.08. The van der Waals surface area contributed by atoms with Gasteiger partial charge in [-0.1, -0.05) is 27.7 Å². The van der Waals surface area contributed by atoms with Crippen molar-refractivity contribution in [3.05, 3.63) is 0 Å². The van der Waals surface area contributed by atoms with Gasteiger partial charge < -0.3 is 10.5 Å². The van der Waals surface area contributed by atoms with E-state index in [1.54, 1.807) is 0 Å².